The van der Waals surface area contributed by atoms with Gasteiger partial charge in [0.15, 0.2) is 0 Å². The molecule has 1 aliphatic rings. The molecule has 4 N–H and O–H groups in total. The van der Waals surface area contributed by atoms with E-state index in [1.54, 1.807) is 26.0 Å². The van der Waals surface area contributed by atoms with Crippen molar-refractivity contribution in [3.63, 3.8) is 0 Å². The highest BCUT2D eigenvalue weighted by Gasteiger charge is 2.28. The average Bonchev–Trinajstić information content (AvgIpc) is 3.20. The van der Waals surface area contributed by atoms with Crippen LogP contribution < -0.4 is 16.0 Å². The van der Waals surface area contributed by atoms with Crippen molar-refractivity contribution < 1.29 is 8.42 Å². The number of nitrogen functional groups attached to an aromatic ring is 1. The minimum absolute atomic E-state index is 0.0219. The first kappa shape index (κ1) is 16.3. The number of hydrazine groups is 1. The molecule has 0 aliphatic heterocycles. The van der Waals surface area contributed by atoms with Gasteiger partial charge in [0.2, 0.25) is 10.0 Å². The van der Waals surface area contributed by atoms with Crippen LogP contribution in [0.4, 0.5) is 5.69 Å². The molecule has 0 saturated heterocycles. The third kappa shape index (κ3) is 3.96. The smallest absolute Gasteiger partial charge is 0.241 e. The Labute approximate surface area is 127 Å². The summed E-state index contributed by atoms with van der Waals surface area (Å²) in [5, 5.41) is 0. The number of nitrogens with one attached hydrogen (secondary N) is 2. The minimum atomic E-state index is -3.49. The second-order valence-electron chi connectivity index (χ2n) is 5.99. The van der Waals surface area contributed by atoms with Gasteiger partial charge in [-0.1, -0.05) is 19.8 Å². The van der Waals surface area contributed by atoms with Crippen LogP contribution in [0.25, 0.3) is 0 Å². The number of aryl methyl sites for hydroxylation is 2. The van der Waals surface area contributed by atoms with Crippen LogP contribution in [0.3, 0.4) is 0 Å². The first-order valence-corrected chi connectivity index (χ1v) is 8.96. The van der Waals surface area contributed by atoms with Crippen LogP contribution in [-0.2, 0) is 10.0 Å². The predicted octanol–water partition coefficient (Wildman–Crippen LogP) is 2.45. The van der Waals surface area contributed by atoms with E-state index in [0.29, 0.717) is 27.6 Å². The Morgan fingerprint density at radius 1 is 1.29 bits per heavy atom. The van der Waals surface area contributed by atoms with Gasteiger partial charge in [-0.15, -0.1) is 0 Å². The number of anilines is 1. The molecule has 1 aliphatic carbocycles. The summed E-state index contributed by atoms with van der Waals surface area (Å²) in [6.45, 7) is 5.62. The molecule has 6 heteroatoms. The summed E-state index contributed by atoms with van der Waals surface area (Å²) in [5.41, 5.74) is 4.69. The van der Waals surface area contributed by atoms with Crippen LogP contribution in [0.1, 0.15) is 43.7 Å². The second kappa shape index (κ2) is 6.34. The lowest BCUT2D eigenvalue weighted by Crippen LogP contribution is -2.35. The van der Waals surface area contributed by atoms with Gasteiger partial charge in [-0.05, 0) is 55.9 Å². The summed E-state index contributed by atoms with van der Waals surface area (Å²) < 4.78 is 28.2. The van der Waals surface area contributed by atoms with E-state index in [2.05, 4.69) is 10.1 Å². The zero-order valence-electron chi connectivity index (χ0n) is 12.9. The maximum absolute atomic E-state index is 12.7. The minimum Gasteiger partial charge on any atom is -0.324 e. The fourth-order valence-electron chi connectivity index (χ4n) is 2.79. The van der Waals surface area contributed by atoms with Crippen LogP contribution in [-0.4, -0.2) is 14.5 Å². The van der Waals surface area contributed by atoms with Crippen molar-refractivity contribution in [1.82, 2.24) is 4.72 Å². The van der Waals surface area contributed by atoms with Gasteiger partial charge in [-0.3, -0.25) is 5.84 Å². The molecule has 1 unspecified atom stereocenters. The van der Waals surface area contributed by atoms with Gasteiger partial charge >= 0.3 is 0 Å². The van der Waals surface area contributed by atoms with Crippen molar-refractivity contribution in [1.29, 1.82) is 0 Å². The molecule has 0 amide bonds. The molecule has 1 aromatic carbocycles. The van der Waals surface area contributed by atoms with Crippen LogP contribution in [0.2, 0.25) is 0 Å². The summed E-state index contributed by atoms with van der Waals surface area (Å²) >= 11 is 0. The van der Waals surface area contributed by atoms with E-state index in [1.165, 1.54) is 12.8 Å². The standard InChI is InChI=1S/C15H25N3O2S/c1-4-13(9-12-5-6-12)18-21(19,20)15-10(2)7-14(17-16)8-11(15)3/h7-8,12-13,17-18H,4-6,9,16H2,1-3H3. The molecule has 0 bridgehead atoms. The second-order valence-corrected chi connectivity index (χ2v) is 7.64. The molecular weight excluding hydrogens is 286 g/mol. The molecule has 1 aromatic rings. The fraction of sp³-hybridized carbons (Fsp3) is 0.600. The predicted molar refractivity (Wildman–Crippen MR) is 85.5 cm³/mol. The molecule has 2 rings (SSSR count). The number of nitrogens with two attached hydrogens (primary N) is 1. The molecule has 0 spiro atoms. The van der Waals surface area contributed by atoms with Crippen LogP contribution >= 0.6 is 0 Å². The first-order valence-electron chi connectivity index (χ1n) is 7.47. The lowest BCUT2D eigenvalue weighted by atomic mass is 10.1. The van der Waals surface area contributed by atoms with Crippen molar-refractivity contribution in [2.24, 2.45) is 11.8 Å². The quantitative estimate of drug-likeness (QED) is 0.533. The van der Waals surface area contributed by atoms with Crippen molar-refractivity contribution >= 4 is 15.7 Å². The third-order valence-electron chi connectivity index (χ3n) is 4.03. The maximum Gasteiger partial charge on any atom is 0.241 e. The molecule has 0 aromatic heterocycles. The highest BCUT2D eigenvalue weighted by molar-refractivity contribution is 7.89. The average molecular weight is 311 g/mol. The van der Waals surface area contributed by atoms with E-state index in [9.17, 15) is 8.42 Å². The molecule has 1 atom stereocenters. The third-order valence-corrected chi connectivity index (χ3v) is 5.85. The van der Waals surface area contributed by atoms with E-state index in [-0.39, 0.29) is 6.04 Å². The van der Waals surface area contributed by atoms with E-state index in [1.807, 2.05) is 6.92 Å². The Morgan fingerprint density at radius 2 is 1.86 bits per heavy atom. The number of sulfonamides is 1. The molecule has 21 heavy (non-hydrogen) atoms. The van der Waals surface area contributed by atoms with Crippen molar-refractivity contribution in [3.8, 4) is 0 Å². The molecule has 1 saturated carbocycles. The molecular formula is C15H25N3O2S. The molecule has 1 fully saturated rings. The van der Waals surface area contributed by atoms with Gasteiger partial charge in [-0.2, -0.15) is 0 Å². The molecule has 118 valence electrons. The number of benzene rings is 1. The highest BCUT2D eigenvalue weighted by Crippen LogP contribution is 2.34. The maximum atomic E-state index is 12.7. The van der Waals surface area contributed by atoms with E-state index in [4.69, 9.17) is 5.84 Å². The normalized spacial score (nSPS) is 16.8. The SMILES string of the molecule is CCC(CC1CC1)NS(=O)(=O)c1c(C)cc(NN)cc1C. The van der Waals surface area contributed by atoms with Gasteiger partial charge < -0.3 is 5.43 Å². The van der Waals surface area contributed by atoms with Gasteiger partial charge in [0, 0.05) is 11.7 Å². The van der Waals surface area contributed by atoms with Crippen LogP contribution in [0.5, 0.6) is 0 Å². The van der Waals surface area contributed by atoms with E-state index < -0.39 is 10.0 Å². The Balaban J connectivity index is 2.25. The van der Waals surface area contributed by atoms with Crippen LogP contribution in [0, 0.1) is 19.8 Å². The Hall–Kier alpha value is -1.11. The Morgan fingerprint density at radius 3 is 2.29 bits per heavy atom. The molecule has 5 nitrogen and oxygen atoms in total. The summed E-state index contributed by atoms with van der Waals surface area (Å²) in [7, 11) is -3.49. The first-order chi connectivity index (χ1) is 9.87. The summed E-state index contributed by atoms with van der Waals surface area (Å²) in [5.74, 6) is 6.09. The van der Waals surface area contributed by atoms with Crippen molar-refractivity contribution in [2.45, 2.75) is 57.4 Å². The lowest BCUT2D eigenvalue weighted by Gasteiger charge is -2.19. The van der Waals surface area contributed by atoms with Crippen molar-refractivity contribution in [3.05, 3.63) is 23.3 Å². The van der Waals surface area contributed by atoms with Crippen LogP contribution in [0.15, 0.2) is 17.0 Å². The van der Waals surface area contributed by atoms with Gasteiger partial charge in [0.05, 0.1) is 4.90 Å². The highest BCUT2D eigenvalue weighted by atomic mass is 32.2. The number of rotatable bonds is 7. The summed E-state index contributed by atoms with van der Waals surface area (Å²) in [6.07, 6.45) is 4.22. The Kier molecular flexibility index (Phi) is 4.91. The molecule has 0 heterocycles. The Bertz CT molecular complexity index is 586. The van der Waals surface area contributed by atoms with Gasteiger partial charge in [0.1, 0.15) is 0 Å². The zero-order chi connectivity index (χ0) is 15.6. The van der Waals surface area contributed by atoms with E-state index >= 15 is 0 Å². The molecule has 0 radical (unpaired) electrons. The van der Waals surface area contributed by atoms with Crippen molar-refractivity contribution in [2.75, 3.05) is 5.43 Å². The van der Waals surface area contributed by atoms with E-state index in [0.717, 1.165) is 12.8 Å². The monoisotopic (exact) mass is 311 g/mol. The summed E-state index contributed by atoms with van der Waals surface area (Å²) in [4.78, 5) is 0.371. The topological polar surface area (TPSA) is 84.2 Å². The van der Waals surface area contributed by atoms with Gasteiger partial charge in [0.25, 0.3) is 0 Å². The number of hydrogen-bond donors (Lipinski definition) is 3. The number of hydrogen-bond acceptors (Lipinski definition) is 4. The lowest BCUT2D eigenvalue weighted by molar-refractivity contribution is 0.495. The van der Waals surface area contributed by atoms with Gasteiger partial charge in [-0.25, -0.2) is 13.1 Å². The zero-order valence-corrected chi connectivity index (χ0v) is 13.8. The fourth-order valence-corrected chi connectivity index (χ4v) is 4.58. The summed E-state index contributed by atoms with van der Waals surface area (Å²) in [6, 6.07) is 3.53. The largest absolute Gasteiger partial charge is 0.324 e.